The Morgan fingerprint density at radius 1 is 0.950 bits per heavy atom. The van der Waals surface area contributed by atoms with E-state index in [0.29, 0.717) is 6.61 Å². The van der Waals surface area contributed by atoms with E-state index in [1.165, 1.54) is 11.1 Å². The molecule has 0 unspecified atom stereocenters. The third-order valence-electron chi connectivity index (χ3n) is 3.90. The molecule has 2 N–H and O–H groups in total. The number of rotatable bonds is 3. The van der Waals surface area contributed by atoms with Crippen molar-refractivity contribution in [2.24, 2.45) is 0 Å². The van der Waals surface area contributed by atoms with E-state index in [9.17, 15) is 0 Å². The van der Waals surface area contributed by atoms with Crippen LogP contribution in [0.25, 0.3) is 0 Å². The zero-order valence-electron chi connectivity index (χ0n) is 12.9. The minimum Gasteiger partial charge on any atom is -0.487 e. The number of anilines is 1. The molecule has 0 saturated heterocycles. The summed E-state index contributed by atoms with van der Waals surface area (Å²) in [6.45, 7) is 10.6. The minimum atomic E-state index is 0.446. The molecule has 106 valence electrons. The van der Waals surface area contributed by atoms with Crippen molar-refractivity contribution in [3.8, 4) is 5.75 Å². The Balaban J connectivity index is 2.26. The summed E-state index contributed by atoms with van der Waals surface area (Å²) in [4.78, 5) is 4.43. The first-order valence-electron chi connectivity index (χ1n) is 6.82. The van der Waals surface area contributed by atoms with E-state index in [4.69, 9.17) is 10.5 Å². The van der Waals surface area contributed by atoms with Crippen LogP contribution >= 0.6 is 0 Å². The van der Waals surface area contributed by atoms with E-state index >= 15 is 0 Å². The predicted molar refractivity (Wildman–Crippen MR) is 83.1 cm³/mol. The maximum atomic E-state index is 6.04. The number of nitrogens with two attached hydrogens (primary N) is 1. The highest BCUT2D eigenvalue weighted by molar-refractivity contribution is 5.53. The Kier molecular flexibility index (Phi) is 3.98. The number of hydrogen-bond acceptors (Lipinski definition) is 3. The van der Waals surface area contributed by atoms with E-state index in [1.807, 2.05) is 13.8 Å². The number of aromatic nitrogens is 1. The molecule has 0 aliphatic carbocycles. The molecule has 1 heterocycles. The Bertz CT molecular complexity index is 648. The molecule has 0 aliphatic rings. The summed E-state index contributed by atoms with van der Waals surface area (Å²) >= 11 is 0. The lowest BCUT2D eigenvalue weighted by Gasteiger charge is -2.15. The van der Waals surface area contributed by atoms with Crippen molar-refractivity contribution in [1.82, 2.24) is 4.98 Å². The largest absolute Gasteiger partial charge is 0.487 e. The molecular weight excluding hydrogens is 248 g/mol. The number of benzene rings is 1. The second-order valence-corrected chi connectivity index (χ2v) is 5.37. The van der Waals surface area contributed by atoms with Crippen molar-refractivity contribution in [2.75, 3.05) is 5.73 Å². The molecule has 0 amide bonds. The fourth-order valence-electron chi connectivity index (χ4n) is 2.23. The van der Waals surface area contributed by atoms with Gasteiger partial charge in [-0.05, 0) is 62.4 Å². The van der Waals surface area contributed by atoms with Gasteiger partial charge in [0.2, 0.25) is 0 Å². The van der Waals surface area contributed by atoms with Crippen LogP contribution in [0.3, 0.4) is 0 Å². The Labute approximate surface area is 120 Å². The fraction of sp³-hybridized carbons (Fsp3) is 0.353. The predicted octanol–water partition coefficient (Wildman–Crippen LogP) is 3.78. The van der Waals surface area contributed by atoms with Crippen LogP contribution in [-0.2, 0) is 6.61 Å². The standard InChI is InChI=1S/C17H22N2O/c1-10-6-7-11(2)17(13(10)4)20-9-15-14(5)16(18)12(3)8-19-15/h6-8H,9H2,1-5H3,(H2,18,19). The zero-order chi connectivity index (χ0) is 14.9. The molecule has 2 aromatic rings. The van der Waals surface area contributed by atoms with Crippen LogP contribution in [-0.4, -0.2) is 4.98 Å². The van der Waals surface area contributed by atoms with Crippen LogP contribution in [0.1, 0.15) is 33.5 Å². The van der Waals surface area contributed by atoms with Crippen molar-refractivity contribution < 1.29 is 4.74 Å². The fourth-order valence-corrected chi connectivity index (χ4v) is 2.23. The Morgan fingerprint density at radius 2 is 1.60 bits per heavy atom. The van der Waals surface area contributed by atoms with Crippen molar-refractivity contribution in [3.05, 3.63) is 51.8 Å². The smallest absolute Gasteiger partial charge is 0.131 e. The number of aryl methyl sites for hydroxylation is 3. The first-order chi connectivity index (χ1) is 9.41. The highest BCUT2D eigenvalue weighted by atomic mass is 16.5. The molecule has 0 bridgehead atoms. The molecule has 1 aromatic heterocycles. The van der Waals surface area contributed by atoms with Crippen molar-refractivity contribution in [1.29, 1.82) is 0 Å². The van der Waals surface area contributed by atoms with E-state index in [-0.39, 0.29) is 0 Å². The quantitative estimate of drug-likeness (QED) is 0.923. The maximum Gasteiger partial charge on any atom is 0.131 e. The van der Waals surface area contributed by atoms with Gasteiger partial charge in [0.25, 0.3) is 0 Å². The van der Waals surface area contributed by atoms with E-state index in [2.05, 4.69) is 37.9 Å². The van der Waals surface area contributed by atoms with Crippen LogP contribution in [0.4, 0.5) is 5.69 Å². The molecule has 0 radical (unpaired) electrons. The van der Waals surface area contributed by atoms with Gasteiger partial charge in [-0.3, -0.25) is 4.98 Å². The molecule has 0 fully saturated rings. The van der Waals surface area contributed by atoms with Gasteiger partial charge in [-0.15, -0.1) is 0 Å². The molecule has 3 nitrogen and oxygen atoms in total. The first-order valence-corrected chi connectivity index (χ1v) is 6.82. The molecule has 1 aromatic carbocycles. The second kappa shape index (κ2) is 5.53. The molecule has 20 heavy (non-hydrogen) atoms. The van der Waals surface area contributed by atoms with E-state index in [0.717, 1.165) is 33.8 Å². The van der Waals surface area contributed by atoms with Crippen molar-refractivity contribution >= 4 is 5.69 Å². The van der Waals surface area contributed by atoms with E-state index < -0.39 is 0 Å². The van der Waals surface area contributed by atoms with Gasteiger partial charge in [-0.1, -0.05) is 12.1 Å². The summed E-state index contributed by atoms with van der Waals surface area (Å²) in [5, 5.41) is 0. The number of ether oxygens (including phenoxy) is 1. The Hall–Kier alpha value is -2.03. The van der Waals surface area contributed by atoms with Gasteiger partial charge in [0, 0.05) is 11.9 Å². The molecule has 0 spiro atoms. The number of hydrogen-bond donors (Lipinski definition) is 1. The second-order valence-electron chi connectivity index (χ2n) is 5.37. The highest BCUT2D eigenvalue weighted by Gasteiger charge is 2.10. The summed E-state index contributed by atoms with van der Waals surface area (Å²) in [6.07, 6.45) is 1.80. The minimum absolute atomic E-state index is 0.446. The van der Waals surface area contributed by atoms with Crippen molar-refractivity contribution in [3.63, 3.8) is 0 Å². The van der Waals surface area contributed by atoms with E-state index in [1.54, 1.807) is 6.20 Å². The van der Waals surface area contributed by atoms with Crippen LogP contribution in [0.5, 0.6) is 5.75 Å². The molecular formula is C17H22N2O. The van der Waals surface area contributed by atoms with Gasteiger partial charge < -0.3 is 10.5 Å². The van der Waals surface area contributed by atoms with Gasteiger partial charge in [0.05, 0.1) is 5.69 Å². The summed E-state index contributed by atoms with van der Waals surface area (Å²) in [6, 6.07) is 4.20. The number of nitrogens with zero attached hydrogens (tertiary/aromatic N) is 1. The van der Waals surface area contributed by atoms with Crippen LogP contribution in [0, 0.1) is 34.6 Å². The SMILES string of the molecule is Cc1ccc(C)c(OCc2ncc(C)c(N)c2C)c1C. The third-order valence-corrected chi connectivity index (χ3v) is 3.90. The van der Waals surface area contributed by atoms with Crippen LogP contribution in [0.15, 0.2) is 18.3 Å². The molecule has 0 aliphatic heterocycles. The lowest BCUT2D eigenvalue weighted by molar-refractivity contribution is 0.296. The summed E-state index contributed by atoms with van der Waals surface area (Å²) in [5.41, 5.74) is 13.3. The first kappa shape index (κ1) is 14.4. The monoisotopic (exact) mass is 270 g/mol. The summed E-state index contributed by atoms with van der Waals surface area (Å²) < 4.78 is 5.99. The summed E-state index contributed by atoms with van der Waals surface area (Å²) in [5.74, 6) is 0.949. The number of nitrogen functional groups attached to an aromatic ring is 1. The lowest BCUT2D eigenvalue weighted by atomic mass is 10.1. The molecule has 2 rings (SSSR count). The number of pyridine rings is 1. The van der Waals surface area contributed by atoms with Crippen LogP contribution in [0.2, 0.25) is 0 Å². The van der Waals surface area contributed by atoms with Gasteiger partial charge in [0.1, 0.15) is 12.4 Å². The zero-order valence-corrected chi connectivity index (χ0v) is 12.9. The molecule has 3 heteroatoms. The third kappa shape index (κ3) is 2.62. The molecule has 0 atom stereocenters. The van der Waals surface area contributed by atoms with Gasteiger partial charge in [-0.25, -0.2) is 0 Å². The normalized spacial score (nSPS) is 10.7. The summed E-state index contributed by atoms with van der Waals surface area (Å²) in [7, 11) is 0. The molecule has 0 saturated carbocycles. The van der Waals surface area contributed by atoms with Gasteiger partial charge >= 0.3 is 0 Å². The lowest BCUT2D eigenvalue weighted by Crippen LogP contribution is -2.06. The average Bonchev–Trinajstić information content (AvgIpc) is 2.42. The Morgan fingerprint density at radius 3 is 2.30 bits per heavy atom. The average molecular weight is 270 g/mol. The van der Waals surface area contributed by atoms with Crippen molar-refractivity contribution in [2.45, 2.75) is 41.2 Å². The maximum absolute atomic E-state index is 6.04. The highest BCUT2D eigenvalue weighted by Crippen LogP contribution is 2.27. The van der Waals surface area contributed by atoms with Crippen LogP contribution < -0.4 is 10.5 Å². The topological polar surface area (TPSA) is 48.1 Å². The van der Waals surface area contributed by atoms with Gasteiger partial charge in [0.15, 0.2) is 0 Å². The van der Waals surface area contributed by atoms with Gasteiger partial charge in [-0.2, -0.15) is 0 Å².